The molecule has 1 aliphatic heterocycles. The number of carbonyl (C=O) groups excluding carboxylic acids is 1. The van der Waals surface area contributed by atoms with Gasteiger partial charge in [0.25, 0.3) is 5.91 Å². The number of likely N-dealkylation sites (tertiary alicyclic amines) is 1. The molecule has 0 saturated carbocycles. The SMILES string of the molecule is CNCC1CCN(C(=O)c2cn(-c3ccccc3)nc2-c2ccc(Cl)cc2)C1. The molecule has 6 heteroatoms. The Kier molecular flexibility index (Phi) is 5.46. The normalized spacial score (nSPS) is 16.5. The third-order valence-electron chi connectivity index (χ3n) is 5.15. The number of hydrogen-bond acceptors (Lipinski definition) is 3. The van der Waals surface area contributed by atoms with Crippen LogP contribution in [0.25, 0.3) is 16.9 Å². The summed E-state index contributed by atoms with van der Waals surface area (Å²) in [5, 5.41) is 8.61. The molecule has 2 heterocycles. The van der Waals surface area contributed by atoms with Gasteiger partial charge >= 0.3 is 0 Å². The van der Waals surface area contributed by atoms with Crippen LogP contribution in [0.15, 0.2) is 60.8 Å². The lowest BCUT2D eigenvalue weighted by Gasteiger charge is -2.16. The first-order valence-electron chi connectivity index (χ1n) is 9.50. The van der Waals surface area contributed by atoms with E-state index in [0.717, 1.165) is 37.3 Å². The van der Waals surface area contributed by atoms with Gasteiger partial charge in [-0.15, -0.1) is 0 Å². The molecule has 0 aliphatic carbocycles. The highest BCUT2D eigenvalue weighted by Gasteiger charge is 2.29. The van der Waals surface area contributed by atoms with Crippen molar-refractivity contribution in [2.45, 2.75) is 6.42 Å². The number of aromatic nitrogens is 2. The van der Waals surface area contributed by atoms with Crippen molar-refractivity contribution in [2.75, 3.05) is 26.7 Å². The second kappa shape index (κ2) is 8.17. The predicted molar refractivity (Wildman–Crippen MR) is 112 cm³/mol. The molecule has 0 bridgehead atoms. The summed E-state index contributed by atoms with van der Waals surface area (Å²) in [6, 6.07) is 17.3. The van der Waals surface area contributed by atoms with Gasteiger partial charge in [0.2, 0.25) is 0 Å². The summed E-state index contributed by atoms with van der Waals surface area (Å²) in [6.45, 7) is 2.48. The lowest BCUT2D eigenvalue weighted by Crippen LogP contribution is -2.30. The van der Waals surface area contributed by atoms with Crippen LogP contribution >= 0.6 is 11.6 Å². The monoisotopic (exact) mass is 394 g/mol. The zero-order valence-electron chi connectivity index (χ0n) is 15.8. The van der Waals surface area contributed by atoms with Crippen molar-refractivity contribution in [3.63, 3.8) is 0 Å². The number of nitrogens with zero attached hydrogens (tertiary/aromatic N) is 3. The van der Waals surface area contributed by atoms with E-state index < -0.39 is 0 Å². The Balaban J connectivity index is 1.71. The lowest BCUT2D eigenvalue weighted by atomic mass is 10.1. The van der Waals surface area contributed by atoms with Crippen molar-refractivity contribution >= 4 is 17.5 Å². The van der Waals surface area contributed by atoms with E-state index in [4.69, 9.17) is 16.7 Å². The first-order chi connectivity index (χ1) is 13.7. The molecule has 1 N–H and O–H groups in total. The number of nitrogens with one attached hydrogen (secondary N) is 1. The van der Waals surface area contributed by atoms with Gasteiger partial charge in [-0.25, -0.2) is 4.68 Å². The number of benzene rings is 2. The van der Waals surface area contributed by atoms with Gasteiger partial charge in [-0.1, -0.05) is 41.9 Å². The van der Waals surface area contributed by atoms with Crippen molar-refractivity contribution in [1.82, 2.24) is 20.0 Å². The van der Waals surface area contributed by atoms with Gasteiger partial charge in [-0.3, -0.25) is 4.79 Å². The summed E-state index contributed by atoms with van der Waals surface area (Å²) < 4.78 is 1.78. The third-order valence-corrected chi connectivity index (χ3v) is 5.40. The number of rotatable bonds is 5. The van der Waals surface area contributed by atoms with Gasteiger partial charge in [0, 0.05) is 29.9 Å². The van der Waals surface area contributed by atoms with Gasteiger partial charge in [0.1, 0.15) is 5.69 Å². The van der Waals surface area contributed by atoms with Crippen molar-refractivity contribution in [2.24, 2.45) is 5.92 Å². The number of amides is 1. The van der Waals surface area contributed by atoms with E-state index in [-0.39, 0.29) is 5.91 Å². The fraction of sp³-hybridized carbons (Fsp3) is 0.273. The third kappa shape index (κ3) is 3.81. The van der Waals surface area contributed by atoms with E-state index in [0.29, 0.717) is 22.2 Å². The Morgan fingerprint density at radius 2 is 1.93 bits per heavy atom. The van der Waals surface area contributed by atoms with Crippen LogP contribution in [-0.2, 0) is 0 Å². The largest absolute Gasteiger partial charge is 0.338 e. The summed E-state index contributed by atoms with van der Waals surface area (Å²) in [5.41, 5.74) is 3.11. The highest BCUT2D eigenvalue weighted by Crippen LogP contribution is 2.28. The molecule has 5 nitrogen and oxygen atoms in total. The highest BCUT2D eigenvalue weighted by molar-refractivity contribution is 6.30. The molecule has 3 aromatic rings. The molecule has 28 heavy (non-hydrogen) atoms. The standard InChI is InChI=1S/C22H23ClN4O/c1-24-13-16-11-12-26(14-16)22(28)20-15-27(19-5-3-2-4-6-19)25-21(20)17-7-9-18(23)10-8-17/h2-10,15-16,24H,11-14H2,1H3. The molecular weight excluding hydrogens is 372 g/mol. The van der Waals surface area contributed by atoms with Gasteiger partial charge < -0.3 is 10.2 Å². The minimum Gasteiger partial charge on any atom is -0.338 e. The van der Waals surface area contributed by atoms with Crippen molar-refractivity contribution in [1.29, 1.82) is 0 Å². The van der Waals surface area contributed by atoms with E-state index in [9.17, 15) is 4.79 Å². The zero-order chi connectivity index (χ0) is 19.5. The fourth-order valence-corrected chi connectivity index (χ4v) is 3.83. The lowest BCUT2D eigenvalue weighted by molar-refractivity contribution is 0.0788. The first kappa shape index (κ1) is 18.7. The molecule has 1 aromatic heterocycles. The Morgan fingerprint density at radius 1 is 1.18 bits per heavy atom. The van der Waals surface area contributed by atoms with Gasteiger partial charge in [-0.05, 0) is 50.2 Å². The number of hydrogen-bond donors (Lipinski definition) is 1. The predicted octanol–water partition coefficient (Wildman–Crippen LogP) is 3.87. The van der Waals surface area contributed by atoms with Gasteiger partial charge in [0.05, 0.1) is 11.3 Å². The van der Waals surface area contributed by atoms with Crippen LogP contribution in [0, 0.1) is 5.92 Å². The van der Waals surface area contributed by atoms with E-state index in [1.54, 1.807) is 4.68 Å². The van der Waals surface area contributed by atoms with Gasteiger partial charge in [0.15, 0.2) is 0 Å². The molecule has 0 spiro atoms. The van der Waals surface area contributed by atoms with Crippen LogP contribution in [0.5, 0.6) is 0 Å². The zero-order valence-corrected chi connectivity index (χ0v) is 16.6. The molecule has 1 saturated heterocycles. The first-order valence-corrected chi connectivity index (χ1v) is 9.88. The minimum absolute atomic E-state index is 0.0331. The van der Waals surface area contributed by atoms with Crippen LogP contribution in [0.4, 0.5) is 0 Å². The molecular formula is C22H23ClN4O. The minimum atomic E-state index is 0.0331. The van der Waals surface area contributed by atoms with Crippen molar-refractivity contribution < 1.29 is 4.79 Å². The maximum absolute atomic E-state index is 13.3. The highest BCUT2D eigenvalue weighted by atomic mass is 35.5. The van der Waals surface area contributed by atoms with Crippen LogP contribution in [0.2, 0.25) is 5.02 Å². The quantitative estimate of drug-likeness (QED) is 0.714. The van der Waals surface area contributed by atoms with Gasteiger partial charge in [-0.2, -0.15) is 5.10 Å². The summed E-state index contributed by atoms with van der Waals surface area (Å²) >= 11 is 6.05. The fourth-order valence-electron chi connectivity index (χ4n) is 3.71. The second-order valence-electron chi connectivity index (χ2n) is 7.14. The molecule has 144 valence electrons. The summed E-state index contributed by atoms with van der Waals surface area (Å²) in [4.78, 5) is 15.3. The molecule has 2 aromatic carbocycles. The molecule has 1 unspecified atom stereocenters. The van der Waals surface area contributed by atoms with Crippen LogP contribution in [0.1, 0.15) is 16.8 Å². The average molecular weight is 395 g/mol. The summed E-state index contributed by atoms with van der Waals surface area (Å²) in [7, 11) is 1.95. The maximum Gasteiger partial charge on any atom is 0.257 e. The van der Waals surface area contributed by atoms with E-state index in [2.05, 4.69) is 5.32 Å². The Hall–Kier alpha value is -2.63. The maximum atomic E-state index is 13.3. The smallest absolute Gasteiger partial charge is 0.257 e. The van der Waals surface area contributed by atoms with Crippen LogP contribution < -0.4 is 5.32 Å². The van der Waals surface area contributed by atoms with Crippen molar-refractivity contribution in [3.8, 4) is 16.9 Å². The van der Waals surface area contributed by atoms with E-state index >= 15 is 0 Å². The van der Waals surface area contributed by atoms with E-state index in [1.165, 1.54) is 0 Å². The molecule has 0 radical (unpaired) electrons. The molecule has 1 atom stereocenters. The number of halogens is 1. The topological polar surface area (TPSA) is 50.2 Å². The van der Waals surface area contributed by atoms with E-state index in [1.807, 2.05) is 72.7 Å². The Morgan fingerprint density at radius 3 is 2.64 bits per heavy atom. The van der Waals surface area contributed by atoms with Crippen molar-refractivity contribution in [3.05, 3.63) is 71.4 Å². The summed E-state index contributed by atoms with van der Waals surface area (Å²) in [5.74, 6) is 0.530. The molecule has 1 amide bonds. The average Bonchev–Trinajstić information content (AvgIpc) is 3.37. The van der Waals surface area contributed by atoms with Crippen LogP contribution in [0.3, 0.4) is 0 Å². The Labute approximate surface area is 169 Å². The Bertz CT molecular complexity index is 952. The summed E-state index contributed by atoms with van der Waals surface area (Å²) in [6.07, 6.45) is 2.86. The van der Waals surface area contributed by atoms with Crippen LogP contribution in [-0.4, -0.2) is 47.3 Å². The second-order valence-corrected chi connectivity index (χ2v) is 7.58. The molecule has 4 rings (SSSR count). The number of carbonyl (C=O) groups is 1. The number of para-hydroxylation sites is 1. The molecule has 1 fully saturated rings. The molecule has 1 aliphatic rings.